The lowest BCUT2D eigenvalue weighted by atomic mass is 10.1. The molecule has 0 saturated heterocycles. The molecule has 0 aliphatic rings. The predicted octanol–water partition coefficient (Wildman–Crippen LogP) is 3.43. The number of aromatic nitrogens is 3. The molecule has 6 heteroatoms. The smallest absolute Gasteiger partial charge is 0.222 e. The number of hydrogen-bond donors (Lipinski definition) is 0. The van der Waals surface area contributed by atoms with E-state index in [1.165, 1.54) is 0 Å². The first-order valence-electron chi connectivity index (χ1n) is 9.61. The highest BCUT2D eigenvalue weighted by Crippen LogP contribution is 2.18. The molecule has 28 heavy (non-hydrogen) atoms. The van der Waals surface area contributed by atoms with Crippen LogP contribution in [-0.4, -0.2) is 45.6 Å². The Kier molecular flexibility index (Phi) is 5.97. The average molecular weight is 380 g/mol. The molecule has 0 atom stereocenters. The summed E-state index contributed by atoms with van der Waals surface area (Å²) >= 11 is 0. The summed E-state index contributed by atoms with van der Waals surface area (Å²) in [6, 6.07) is 9.87. The Labute approximate surface area is 166 Å². The van der Waals surface area contributed by atoms with Gasteiger partial charge in [-0.15, -0.1) is 0 Å². The molecule has 2 heterocycles. The Hall–Kier alpha value is -2.89. The topological polar surface area (TPSA) is 59.7 Å². The van der Waals surface area contributed by atoms with E-state index in [1.807, 2.05) is 69.6 Å². The van der Waals surface area contributed by atoms with Crippen molar-refractivity contribution in [2.45, 2.75) is 40.5 Å². The van der Waals surface area contributed by atoms with Gasteiger partial charge in [-0.3, -0.25) is 4.79 Å². The van der Waals surface area contributed by atoms with Crippen molar-refractivity contribution in [2.75, 3.05) is 20.2 Å². The molecule has 0 saturated carbocycles. The van der Waals surface area contributed by atoms with Crippen LogP contribution in [-0.2, 0) is 11.2 Å². The van der Waals surface area contributed by atoms with Gasteiger partial charge in [-0.05, 0) is 51.3 Å². The summed E-state index contributed by atoms with van der Waals surface area (Å²) in [5.41, 5.74) is 5.99. The molecule has 3 aromatic rings. The SMILES string of the molecule is Cc1cc2nc(C)c(CCC(=O)N(C)CCOc3ccccc3C)c(C)n2n1. The lowest BCUT2D eigenvalue weighted by Crippen LogP contribution is -2.31. The van der Waals surface area contributed by atoms with E-state index in [4.69, 9.17) is 4.74 Å². The van der Waals surface area contributed by atoms with Gasteiger partial charge in [0.1, 0.15) is 12.4 Å². The fraction of sp³-hybridized carbons (Fsp3) is 0.409. The lowest BCUT2D eigenvalue weighted by Gasteiger charge is -2.18. The quantitative estimate of drug-likeness (QED) is 0.630. The highest BCUT2D eigenvalue weighted by molar-refractivity contribution is 5.76. The maximum Gasteiger partial charge on any atom is 0.222 e. The third kappa shape index (κ3) is 4.32. The molecular weight excluding hydrogens is 352 g/mol. The number of ether oxygens (including phenoxy) is 1. The summed E-state index contributed by atoms with van der Waals surface area (Å²) < 4.78 is 7.66. The second-order valence-corrected chi connectivity index (χ2v) is 7.25. The van der Waals surface area contributed by atoms with Crippen LogP contribution in [0, 0.1) is 27.7 Å². The summed E-state index contributed by atoms with van der Waals surface area (Å²) in [5.74, 6) is 0.965. The fourth-order valence-corrected chi connectivity index (χ4v) is 3.36. The monoisotopic (exact) mass is 380 g/mol. The van der Waals surface area contributed by atoms with Crippen molar-refractivity contribution >= 4 is 11.6 Å². The molecule has 0 aliphatic carbocycles. The standard InChI is InChI=1S/C22H28N4O2/c1-15-8-6-7-9-20(15)28-13-12-25(5)22(27)11-10-19-17(3)23-21-14-16(2)24-26(21)18(19)4/h6-9,14H,10-13H2,1-5H3. The van der Waals surface area contributed by atoms with Crippen molar-refractivity contribution in [3.05, 3.63) is 58.5 Å². The minimum atomic E-state index is 0.101. The lowest BCUT2D eigenvalue weighted by molar-refractivity contribution is -0.130. The van der Waals surface area contributed by atoms with Crippen LogP contribution in [0.3, 0.4) is 0 Å². The molecular formula is C22H28N4O2. The van der Waals surface area contributed by atoms with Crippen LogP contribution in [0.15, 0.2) is 30.3 Å². The van der Waals surface area contributed by atoms with Crippen molar-refractivity contribution in [3.8, 4) is 5.75 Å². The molecule has 0 unspecified atom stereocenters. The third-order valence-corrected chi connectivity index (χ3v) is 5.08. The number of amides is 1. The number of carbonyl (C=O) groups excluding carboxylic acids is 1. The van der Waals surface area contributed by atoms with Gasteiger partial charge in [0, 0.05) is 30.9 Å². The number of rotatable bonds is 7. The summed E-state index contributed by atoms with van der Waals surface area (Å²) in [7, 11) is 1.82. The fourth-order valence-electron chi connectivity index (χ4n) is 3.36. The molecule has 2 aromatic heterocycles. The van der Waals surface area contributed by atoms with Crippen LogP contribution < -0.4 is 4.74 Å². The second-order valence-electron chi connectivity index (χ2n) is 7.25. The predicted molar refractivity (Wildman–Crippen MR) is 110 cm³/mol. The van der Waals surface area contributed by atoms with E-state index >= 15 is 0 Å². The van der Waals surface area contributed by atoms with Gasteiger partial charge in [-0.1, -0.05) is 18.2 Å². The van der Waals surface area contributed by atoms with Crippen LogP contribution in [0.1, 0.15) is 34.6 Å². The molecule has 6 nitrogen and oxygen atoms in total. The van der Waals surface area contributed by atoms with Crippen molar-refractivity contribution in [1.82, 2.24) is 19.5 Å². The minimum Gasteiger partial charge on any atom is -0.491 e. The zero-order chi connectivity index (χ0) is 20.3. The minimum absolute atomic E-state index is 0.101. The molecule has 3 rings (SSSR count). The first kappa shape index (κ1) is 19.9. The van der Waals surface area contributed by atoms with Crippen LogP contribution in [0.4, 0.5) is 0 Å². The number of benzene rings is 1. The maximum atomic E-state index is 12.5. The summed E-state index contributed by atoms with van der Waals surface area (Å²) in [6.07, 6.45) is 1.09. The van der Waals surface area contributed by atoms with Gasteiger partial charge in [0.05, 0.1) is 12.2 Å². The molecule has 1 aromatic carbocycles. The van der Waals surface area contributed by atoms with Gasteiger partial charge < -0.3 is 9.64 Å². The van der Waals surface area contributed by atoms with E-state index in [9.17, 15) is 4.79 Å². The zero-order valence-corrected chi connectivity index (χ0v) is 17.3. The summed E-state index contributed by atoms with van der Waals surface area (Å²) in [5, 5.41) is 4.50. The molecule has 0 N–H and O–H groups in total. The normalized spacial score (nSPS) is 11.0. The van der Waals surface area contributed by atoms with E-state index < -0.39 is 0 Å². The number of nitrogens with zero attached hydrogens (tertiary/aromatic N) is 4. The first-order valence-corrected chi connectivity index (χ1v) is 9.61. The van der Waals surface area contributed by atoms with Crippen LogP contribution in [0.2, 0.25) is 0 Å². The number of hydrogen-bond acceptors (Lipinski definition) is 4. The van der Waals surface area contributed by atoms with E-state index in [0.717, 1.165) is 39.6 Å². The van der Waals surface area contributed by atoms with Crippen molar-refractivity contribution < 1.29 is 9.53 Å². The third-order valence-electron chi connectivity index (χ3n) is 5.08. The molecule has 148 valence electrons. The Bertz CT molecular complexity index is 994. The van der Waals surface area contributed by atoms with Crippen LogP contribution >= 0.6 is 0 Å². The van der Waals surface area contributed by atoms with Crippen molar-refractivity contribution in [3.63, 3.8) is 0 Å². The van der Waals surface area contributed by atoms with Gasteiger partial charge >= 0.3 is 0 Å². The van der Waals surface area contributed by atoms with Gasteiger partial charge in [-0.25, -0.2) is 9.50 Å². The number of carbonyl (C=O) groups is 1. The number of para-hydroxylation sites is 1. The number of aryl methyl sites for hydroxylation is 4. The van der Waals surface area contributed by atoms with Gasteiger partial charge in [0.25, 0.3) is 0 Å². The highest BCUT2D eigenvalue weighted by Gasteiger charge is 2.15. The molecule has 0 spiro atoms. The van der Waals surface area contributed by atoms with Crippen molar-refractivity contribution in [1.29, 1.82) is 0 Å². The average Bonchev–Trinajstić information content (AvgIpc) is 3.03. The molecule has 0 aliphatic heterocycles. The van der Waals surface area contributed by atoms with Crippen molar-refractivity contribution in [2.24, 2.45) is 0 Å². The number of fused-ring (bicyclic) bond motifs is 1. The number of likely N-dealkylation sites (N-methyl/N-ethyl adjacent to an activating group) is 1. The zero-order valence-electron chi connectivity index (χ0n) is 17.3. The summed E-state index contributed by atoms with van der Waals surface area (Å²) in [4.78, 5) is 18.9. The van der Waals surface area contributed by atoms with E-state index in [2.05, 4.69) is 10.1 Å². The molecule has 0 bridgehead atoms. The Balaban J connectivity index is 1.56. The Morgan fingerprint density at radius 2 is 1.93 bits per heavy atom. The van der Waals surface area contributed by atoms with Crippen LogP contribution in [0.5, 0.6) is 5.75 Å². The van der Waals surface area contributed by atoms with Gasteiger partial charge in [0.2, 0.25) is 5.91 Å². The highest BCUT2D eigenvalue weighted by atomic mass is 16.5. The largest absolute Gasteiger partial charge is 0.491 e. The summed E-state index contributed by atoms with van der Waals surface area (Å²) in [6.45, 7) is 9.04. The van der Waals surface area contributed by atoms with Gasteiger partial charge in [0.15, 0.2) is 5.65 Å². The Morgan fingerprint density at radius 1 is 1.18 bits per heavy atom. The molecule has 0 radical (unpaired) electrons. The molecule has 0 fully saturated rings. The van der Waals surface area contributed by atoms with Gasteiger partial charge in [-0.2, -0.15) is 5.10 Å². The molecule has 1 amide bonds. The van der Waals surface area contributed by atoms with E-state index in [-0.39, 0.29) is 5.91 Å². The second kappa shape index (κ2) is 8.42. The van der Waals surface area contributed by atoms with Crippen LogP contribution in [0.25, 0.3) is 5.65 Å². The Morgan fingerprint density at radius 3 is 2.68 bits per heavy atom. The maximum absolute atomic E-state index is 12.5. The first-order chi connectivity index (χ1) is 13.4. The van der Waals surface area contributed by atoms with E-state index in [0.29, 0.717) is 26.0 Å². The van der Waals surface area contributed by atoms with E-state index in [1.54, 1.807) is 4.90 Å².